The van der Waals surface area contributed by atoms with Gasteiger partial charge in [0, 0.05) is 13.7 Å². The number of nitrogens with one attached hydrogen (secondary N) is 1. The van der Waals surface area contributed by atoms with Gasteiger partial charge in [-0.3, -0.25) is 5.32 Å². The first kappa shape index (κ1) is 11.0. The molecular formula is C11H17NO2. The number of ether oxygens (including phenoxy) is 2. The van der Waals surface area contributed by atoms with Gasteiger partial charge in [0.15, 0.2) is 0 Å². The molecule has 0 aromatic heterocycles. The molecular weight excluding hydrogens is 178 g/mol. The van der Waals surface area contributed by atoms with E-state index in [4.69, 9.17) is 9.47 Å². The summed E-state index contributed by atoms with van der Waals surface area (Å²) in [5, 5.41) is 3.15. The quantitative estimate of drug-likeness (QED) is 0.573. The van der Waals surface area contributed by atoms with E-state index in [0.29, 0.717) is 6.73 Å². The molecule has 0 aliphatic rings. The van der Waals surface area contributed by atoms with Gasteiger partial charge in [-0.05, 0) is 24.1 Å². The number of methoxy groups -OCH3 is 2. The molecule has 78 valence electrons. The molecule has 0 atom stereocenters. The van der Waals surface area contributed by atoms with Crippen molar-refractivity contribution in [1.29, 1.82) is 0 Å². The lowest BCUT2D eigenvalue weighted by Crippen LogP contribution is -2.15. The fourth-order valence-corrected chi connectivity index (χ4v) is 1.35. The largest absolute Gasteiger partial charge is 0.496 e. The van der Waals surface area contributed by atoms with Crippen LogP contribution in [0.3, 0.4) is 0 Å². The van der Waals surface area contributed by atoms with Crippen LogP contribution in [0.2, 0.25) is 0 Å². The van der Waals surface area contributed by atoms with Crippen LogP contribution < -0.4 is 10.1 Å². The number of aryl methyl sites for hydroxylation is 1. The van der Waals surface area contributed by atoms with E-state index in [1.807, 2.05) is 13.0 Å². The van der Waals surface area contributed by atoms with E-state index >= 15 is 0 Å². The number of benzene rings is 1. The third kappa shape index (κ3) is 3.01. The molecule has 3 nitrogen and oxygen atoms in total. The molecule has 1 rings (SSSR count). The van der Waals surface area contributed by atoms with Crippen LogP contribution in [-0.2, 0) is 11.3 Å². The van der Waals surface area contributed by atoms with E-state index in [0.717, 1.165) is 17.9 Å². The summed E-state index contributed by atoms with van der Waals surface area (Å²) in [4.78, 5) is 0. The second-order valence-electron chi connectivity index (χ2n) is 3.16. The lowest BCUT2D eigenvalue weighted by atomic mass is 10.1. The van der Waals surface area contributed by atoms with E-state index in [1.165, 1.54) is 5.56 Å². The first-order valence-electron chi connectivity index (χ1n) is 4.61. The molecule has 0 aliphatic carbocycles. The highest BCUT2D eigenvalue weighted by atomic mass is 16.5. The summed E-state index contributed by atoms with van der Waals surface area (Å²) < 4.78 is 10.1. The molecule has 14 heavy (non-hydrogen) atoms. The van der Waals surface area contributed by atoms with Gasteiger partial charge in [-0.2, -0.15) is 0 Å². The highest BCUT2D eigenvalue weighted by Crippen LogP contribution is 2.18. The maximum Gasteiger partial charge on any atom is 0.121 e. The zero-order valence-electron chi connectivity index (χ0n) is 8.96. The molecule has 0 radical (unpaired) electrons. The predicted molar refractivity (Wildman–Crippen MR) is 56.4 cm³/mol. The van der Waals surface area contributed by atoms with E-state index in [9.17, 15) is 0 Å². The lowest BCUT2D eigenvalue weighted by Gasteiger charge is -2.07. The van der Waals surface area contributed by atoms with Crippen LogP contribution in [0.15, 0.2) is 18.2 Å². The van der Waals surface area contributed by atoms with Gasteiger partial charge in [0.25, 0.3) is 0 Å². The smallest absolute Gasteiger partial charge is 0.121 e. The van der Waals surface area contributed by atoms with Crippen LogP contribution in [0.1, 0.15) is 11.1 Å². The van der Waals surface area contributed by atoms with Gasteiger partial charge in [0.2, 0.25) is 0 Å². The number of hydrogen-bond acceptors (Lipinski definition) is 3. The van der Waals surface area contributed by atoms with E-state index in [-0.39, 0.29) is 0 Å². The molecule has 0 fully saturated rings. The number of rotatable bonds is 5. The van der Waals surface area contributed by atoms with Gasteiger partial charge < -0.3 is 9.47 Å². The van der Waals surface area contributed by atoms with Crippen LogP contribution in [0.25, 0.3) is 0 Å². The van der Waals surface area contributed by atoms with Crippen molar-refractivity contribution in [2.75, 3.05) is 21.0 Å². The minimum atomic E-state index is 0.574. The molecule has 0 saturated carbocycles. The fourth-order valence-electron chi connectivity index (χ4n) is 1.35. The topological polar surface area (TPSA) is 30.5 Å². The average Bonchev–Trinajstić information content (AvgIpc) is 2.18. The maximum absolute atomic E-state index is 5.18. The molecule has 0 bridgehead atoms. The molecule has 1 N–H and O–H groups in total. The Balaban J connectivity index is 2.57. The van der Waals surface area contributed by atoms with Gasteiger partial charge in [-0.15, -0.1) is 0 Å². The molecule has 3 heteroatoms. The Bertz CT molecular complexity index is 287. The van der Waals surface area contributed by atoms with Crippen LogP contribution in [0, 0.1) is 6.92 Å². The van der Waals surface area contributed by atoms with Crippen LogP contribution in [0.4, 0.5) is 0 Å². The molecule has 0 heterocycles. The predicted octanol–water partition coefficient (Wildman–Crippen LogP) is 1.70. The van der Waals surface area contributed by atoms with Gasteiger partial charge in [0.1, 0.15) is 5.75 Å². The van der Waals surface area contributed by atoms with Crippen molar-refractivity contribution < 1.29 is 9.47 Å². The van der Waals surface area contributed by atoms with Crippen molar-refractivity contribution in [2.45, 2.75) is 13.5 Å². The Morgan fingerprint density at radius 2 is 2.07 bits per heavy atom. The third-order valence-electron chi connectivity index (χ3n) is 2.03. The van der Waals surface area contributed by atoms with Crippen LogP contribution in [0.5, 0.6) is 5.75 Å². The second kappa shape index (κ2) is 5.62. The van der Waals surface area contributed by atoms with Gasteiger partial charge in [-0.1, -0.05) is 12.1 Å². The zero-order chi connectivity index (χ0) is 10.4. The van der Waals surface area contributed by atoms with Gasteiger partial charge >= 0.3 is 0 Å². The third-order valence-corrected chi connectivity index (χ3v) is 2.03. The molecule has 0 saturated heterocycles. The van der Waals surface area contributed by atoms with Crippen molar-refractivity contribution in [3.63, 3.8) is 0 Å². The standard InChI is InChI=1S/C11H17NO2/c1-9-6-10(7-12-8-13-2)4-5-11(9)14-3/h4-6,12H,7-8H2,1-3H3. The Hall–Kier alpha value is -1.06. The lowest BCUT2D eigenvalue weighted by molar-refractivity contribution is 0.174. The maximum atomic E-state index is 5.18. The highest BCUT2D eigenvalue weighted by molar-refractivity contribution is 5.36. The van der Waals surface area contributed by atoms with E-state index in [2.05, 4.69) is 17.4 Å². The van der Waals surface area contributed by atoms with Crippen molar-refractivity contribution in [1.82, 2.24) is 5.32 Å². The minimum Gasteiger partial charge on any atom is -0.496 e. The Morgan fingerprint density at radius 1 is 1.29 bits per heavy atom. The normalized spacial score (nSPS) is 10.2. The Kier molecular flexibility index (Phi) is 4.43. The first-order chi connectivity index (χ1) is 6.77. The SMILES string of the molecule is COCNCc1ccc(OC)c(C)c1. The van der Waals surface area contributed by atoms with Crippen molar-refractivity contribution >= 4 is 0 Å². The molecule has 1 aromatic rings. The fraction of sp³-hybridized carbons (Fsp3) is 0.455. The first-order valence-corrected chi connectivity index (χ1v) is 4.61. The number of hydrogen-bond donors (Lipinski definition) is 1. The van der Waals surface area contributed by atoms with E-state index < -0.39 is 0 Å². The summed E-state index contributed by atoms with van der Waals surface area (Å²) in [5.41, 5.74) is 2.39. The minimum absolute atomic E-state index is 0.574. The molecule has 1 aromatic carbocycles. The van der Waals surface area contributed by atoms with E-state index in [1.54, 1.807) is 14.2 Å². The van der Waals surface area contributed by atoms with Crippen molar-refractivity contribution in [3.8, 4) is 5.75 Å². The van der Waals surface area contributed by atoms with Gasteiger partial charge in [0.05, 0.1) is 13.8 Å². The Labute approximate surface area is 85.0 Å². The zero-order valence-corrected chi connectivity index (χ0v) is 8.96. The summed E-state index contributed by atoms with van der Waals surface area (Å²) in [6.07, 6.45) is 0. The van der Waals surface area contributed by atoms with Crippen LogP contribution in [-0.4, -0.2) is 21.0 Å². The second-order valence-corrected chi connectivity index (χ2v) is 3.16. The summed E-state index contributed by atoms with van der Waals surface area (Å²) in [5.74, 6) is 0.931. The molecule has 0 aliphatic heterocycles. The van der Waals surface area contributed by atoms with Crippen LogP contribution >= 0.6 is 0 Å². The Morgan fingerprint density at radius 3 is 2.64 bits per heavy atom. The highest BCUT2D eigenvalue weighted by Gasteiger charge is 1.98. The monoisotopic (exact) mass is 195 g/mol. The van der Waals surface area contributed by atoms with Crippen molar-refractivity contribution in [2.24, 2.45) is 0 Å². The summed E-state index contributed by atoms with van der Waals surface area (Å²) in [6.45, 7) is 3.43. The van der Waals surface area contributed by atoms with Gasteiger partial charge in [-0.25, -0.2) is 0 Å². The summed E-state index contributed by atoms with van der Waals surface area (Å²) >= 11 is 0. The molecule has 0 amide bonds. The van der Waals surface area contributed by atoms with Crippen molar-refractivity contribution in [3.05, 3.63) is 29.3 Å². The average molecular weight is 195 g/mol. The molecule has 0 unspecified atom stereocenters. The summed E-state index contributed by atoms with van der Waals surface area (Å²) in [6, 6.07) is 6.15. The summed E-state index contributed by atoms with van der Waals surface area (Å²) in [7, 11) is 3.36. The molecule has 0 spiro atoms.